The lowest BCUT2D eigenvalue weighted by molar-refractivity contribution is 0.220. The van der Waals surface area contributed by atoms with Crippen molar-refractivity contribution in [1.29, 1.82) is 21.0 Å². The Morgan fingerprint density at radius 3 is 1.62 bits per heavy atom. The molecule has 320 valence electrons. The molecule has 63 heavy (non-hydrogen) atoms. The van der Waals surface area contributed by atoms with E-state index in [-0.39, 0.29) is 30.9 Å². The number of nitriles is 4. The van der Waals surface area contributed by atoms with E-state index in [9.17, 15) is 10.4 Å². The molecule has 1 N–H and O–H groups in total. The monoisotopic (exact) mass is 899 g/mol. The molecule has 0 radical (unpaired) electrons. The summed E-state index contributed by atoms with van der Waals surface area (Å²) in [6, 6.07) is 36.8. The molecular weight excluding hydrogens is 856 g/mol. The predicted octanol–water partition coefficient (Wildman–Crippen LogP) is 13.5. The zero-order valence-corrected chi connectivity index (χ0v) is 37.8. The number of phenols is 1. The van der Waals surface area contributed by atoms with Crippen molar-refractivity contribution in [3.8, 4) is 35.8 Å². The van der Waals surface area contributed by atoms with Crippen LogP contribution in [0.3, 0.4) is 0 Å². The topological polar surface area (TPSA) is 222 Å². The van der Waals surface area contributed by atoms with Crippen LogP contribution in [0.1, 0.15) is 51.7 Å². The van der Waals surface area contributed by atoms with Crippen LogP contribution in [0.5, 0.6) is 11.5 Å². The van der Waals surface area contributed by atoms with E-state index in [0.717, 1.165) is 5.39 Å². The van der Waals surface area contributed by atoms with Gasteiger partial charge in [0.25, 0.3) is 0 Å². The summed E-state index contributed by atoms with van der Waals surface area (Å²) in [6.45, 7) is 10.9. The van der Waals surface area contributed by atoms with E-state index >= 15 is 0 Å². The maximum absolute atomic E-state index is 9.79. The molecule has 15 nitrogen and oxygen atoms in total. The molecule has 6 rings (SSSR count). The number of phenolic OH excluding ortho intramolecular Hbond substituents is 1. The molecule has 18 heteroatoms. The molecule has 0 aliphatic heterocycles. The minimum Gasteiger partial charge on any atom is -0.506 e. The molecule has 6 aromatic rings. The SMILES string of the molecule is CC(C)N(C(C)C)P(OCCC#N)Oc1ccc(N=Nc2ccccc2C#N)c2cccnc12.CP(Cl)OCCC#N.N#Cc1ccccc1N=Nc1ccc(O)c2ncccc12. The van der Waals surface area contributed by atoms with Crippen molar-refractivity contribution in [1.82, 2.24) is 14.6 Å². The molecule has 0 aliphatic carbocycles. The lowest BCUT2D eigenvalue weighted by Crippen LogP contribution is -2.34. The fourth-order valence-electron chi connectivity index (χ4n) is 5.63. The summed E-state index contributed by atoms with van der Waals surface area (Å²) in [5, 5.41) is 63.5. The number of aromatic nitrogens is 2. The Labute approximate surface area is 374 Å². The van der Waals surface area contributed by atoms with Gasteiger partial charge < -0.3 is 18.7 Å². The number of hydrogen-bond donors (Lipinski definition) is 1. The zero-order chi connectivity index (χ0) is 45.6. The smallest absolute Gasteiger partial charge is 0.321 e. The van der Waals surface area contributed by atoms with E-state index in [1.165, 1.54) is 6.07 Å². The molecule has 2 atom stereocenters. The molecule has 0 fully saturated rings. The van der Waals surface area contributed by atoms with E-state index in [1.54, 1.807) is 73.7 Å². The highest BCUT2D eigenvalue weighted by molar-refractivity contribution is 7.79. The number of fused-ring (bicyclic) bond motifs is 2. The van der Waals surface area contributed by atoms with Gasteiger partial charge in [0, 0.05) is 35.2 Å². The van der Waals surface area contributed by atoms with Crippen LogP contribution in [0.2, 0.25) is 0 Å². The first-order chi connectivity index (χ1) is 30.5. The molecule has 0 saturated carbocycles. The van der Waals surface area contributed by atoms with Gasteiger partial charge in [-0.1, -0.05) is 35.5 Å². The number of azo groups is 2. The zero-order valence-electron chi connectivity index (χ0n) is 35.2. The Kier molecular flexibility index (Phi) is 20.3. The van der Waals surface area contributed by atoms with Crippen LogP contribution >= 0.6 is 27.3 Å². The van der Waals surface area contributed by atoms with Crippen LogP contribution in [0, 0.1) is 45.3 Å². The molecule has 4 aromatic carbocycles. The van der Waals surface area contributed by atoms with Crippen LogP contribution in [0.4, 0.5) is 22.7 Å². The summed E-state index contributed by atoms with van der Waals surface area (Å²) in [6.07, 6.45) is 4.02. The quantitative estimate of drug-likeness (QED) is 0.0580. The highest BCUT2D eigenvalue weighted by atomic mass is 35.7. The summed E-state index contributed by atoms with van der Waals surface area (Å²) < 4.78 is 19.5. The largest absolute Gasteiger partial charge is 0.506 e. The molecule has 0 bridgehead atoms. The van der Waals surface area contributed by atoms with Crippen LogP contribution in [-0.2, 0) is 9.05 Å². The van der Waals surface area contributed by atoms with Crippen LogP contribution in [-0.4, -0.2) is 51.7 Å². The fourth-order valence-corrected chi connectivity index (χ4v) is 7.78. The Balaban J connectivity index is 0.000000253. The Morgan fingerprint density at radius 1 is 0.635 bits per heavy atom. The second kappa shape index (κ2) is 26.1. The van der Waals surface area contributed by atoms with Crippen molar-refractivity contribution in [2.45, 2.75) is 52.6 Å². The number of halogens is 1. The van der Waals surface area contributed by atoms with Crippen molar-refractivity contribution in [3.05, 3.63) is 121 Å². The second-order valence-electron chi connectivity index (χ2n) is 13.4. The normalized spacial score (nSPS) is 11.9. The third-order valence-electron chi connectivity index (χ3n) is 8.34. The minimum absolute atomic E-state index is 0.0991. The molecule has 2 aromatic heterocycles. The highest BCUT2D eigenvalue weighted by Gasteiger charge is 2.29. The molecule has 0 saturated heterocycles. The van der Waals surface area contributed by atoms with Crippen molar-refractivity contribution in [2.24, 2.45) is 20.5 Å². The van der Waals surface area contributed by atoms with Crippen molar-refractivity contribution < 1.29 is 18.7 Å². The lowest BCUT2D eigenvalue weighted by Gasteiger charge is -2.35. The number of pyridine rings is 2. The van der Waals surface area contributed by atoms with Crippen molar-refractivity contribution in [2.75, 3.05) is 19.9 Å². The molecule has 2 heterocycles. The first-order valence-electron chi connectivity index (χ1n) is 19.4. The average Bonchev–Trinajstić information content (AvgIpc) is 3.29. The fraction of sp³-hybridized carbons (Fsp3) is 0.244. The van der Waals surface area contributed by atoms with Gasteiger partial charge in [-0.2, -0.15) is 21.0 Å². The summed E-state index contributed by atoms with van der Waals surface area (Å²) in [4.78, 5) is 8.66. The molecule has 0 spiro atoms. The number of nitrogens with zero attached hydrogens (tertiary/aromatic N) is 11. The first kappa shape index (κ1) is 49.1. The highest BCUT2D eigenvalue weighted by Crippen LogP contribution is 2.48. The Bertz CT molecular complexity index is 2670. The first-order valence-corrected chi connectivity index (χ1v) is 23.2. The number of aromatic hydroxyl groups is 1. The standard InChI is InChI=1S/C25H27N6O2P.C16H10N4O.C4H7ClNOP/c1-18(2)31(19(3)4)34(32-16-8-14-26)33-24-13-12-23(21-10-7-15-28-25(21)24)30-29-22-11-6-5-9-20(22)17-27;17-10-11-4-1-2-6-13(11)19-20-14-7-8-15(21)16-12(14)5-3-9-18-16;1-8(5)7-4-2-3-6/h5-7,9-13,15,18-19H,8,16H2,1-4H3;1-9,21H;2,4H2,1H3. The number of benzene rings is 4. The van der Waals surface area contributed by atoms with E-state index in [2.05, 4.69) is 81.0 Å². The summed E-state index contributed by atoms with van der Waals surface area (Å²) in [5.74, 6) is 0.670. The third kappa shape index (κ3) is 14.8. The van der Waals surface area contributed by atoms with Gasteiger partial charge >= 0.3 is 8.53 Å². The van der Waals surface area contributed by atoms with Gasteiger partial charge in [0.05, 0.1) is 60.7 Å². The predicted molar refractivity (Wildman–Crippen MR) is 247 cm³/mol. The van der Waals surface area contributed by atoms with Gasteiger partial charge in [-0.15, -0.1) is 20.5 Å². The van der Waals surface area contributed by atoms with Gasteiger partial charge in [0.2, 0.25) is 0 Å². The Hall–Kier alpha value is -6.51. The van der Waals surface area contributed by atoms with Gasteiger partial charge in [-0.3, -0.25) is 9.97 Å². The molecular formula is C45H44ClN11O4P2. The maximum Gasteiger partial charge on any atom is 0.321 e. The Morgan fingerprint density at radius 2 is 1.11 bits per heavy atom. The summed E-state index contributed by atoms with van der Waals surface area (Å²) in [5.41, 5.74) is 4.23. The van der Waals surface area contributed by atoms with E-state index in [4.69, 9.17) is 40.6 Å². The molecule has 0 aliphatic rings. The summed E-state index contributed by atoms with van der Waals surface area (Å²) >= 11 is 5.45. The average molecular weight is 900 g/mol. The maximum atomic E-state index is 9.79. The van der Waals surface area contributed by atoms with Crippen LogP contribution in [0.25, 0.3) is 21.8 Å². The molecule has 2 unspecified atom stereocenters. The van der Waals surface area contributed by atoms with Gasteiger partial charge in [-0.25, -0.2) is 4.67 Å². The van der Waals surface area contributed by atoms with Crippen LogP contribution in [0.15, 0.2) is 130 Å². The number of hydrogen-bond acceptors (Lipinski definition) is 15. The van der Waals surface area contributed by atoms with E-state index in [1.807, 2.05) is 42.5 Å². The van der Waals surface area contributed by atoms with Crippen molar-refractivity contribution in [3.63, 3.8) is 0 Å². The molecule has 0 amide bonds. The lowest BCUT2D eigenvalue weighted by atomic mass is 10.1. The summed E-state index contributed by atoms with van der Waals surface area (Å²) in [7, 11) is -2.26. The minimum atomic E-state index is -1.47. The second-order valence-corrected chi connectivity index (χ2v) is 17.3. The third-order valence-corrected chi connectivity index (χ3v) is 11.2. The van der Waals surface area contributed by atoms with Gasteiger partial charge in [-0.05, 0) is 107 Å². The van der Waals surface area contributed by atoms with Gasteiger partial charge in [0.15, 0.2) is 5.75 Å². The van der Waals surface area contributed by atoms with Gasteiger partial charge in [0.1, 0.15) is 47.8 Å². The number of rotatable bonds is 15. The van der Waals surface area contributed by atoms with Crippen molar-refractivity contribution >= 4 is 71.8 Å². The van der Waals surface area contributed by atoms with E-state index in [0.29, 0.717) is 69.1 Å². The van der Waals surface area contributed by atoms with E-state index < -0.39 is 16.0 Å². The van der Waals surface area contributed by atoms with Crippen LogP contribution < -0.4 is 4.52 Å².